The number of ether oxygens (including phenoxy) is 2. The zero-order valence-electron chi connectivity index (χ0n) is 17.5. The fourth-order valence-electron chi connectivity index (χ4n) is 3.41. The monoisotopic (exact) mass is 449 g/mol. The van der Waals surface area contributed by atoms with Crippen LogP contribution >= 0.6 is 0 Å². The van der Waals surface area contributed by atoms with Gasteiger partial charge in [-0.1, -0.05) is 13.3 Å². The molecule has 0 aliphatic rings. The maximum atomic E-state index is 13.2. The molecule has 0 aliphatic heterocycles. The van der Waals surface area contributed by atoms with Gasteiger partial charge in [0.1, 0.15) is 11.5 Å². The predicted octanol–water partition coefficient (Wildman–Crippen LogP) is 5.13. The van der Waals surface area contributed by atoms with Crippen molar-refractivity contribution in [2.45, 2.75) is 39.5 Å². The van der Waals surface area contributed by atoms with Gasteiger partial charge >= 0.3 is 12.3 Å². The Balaban J connectivity index is 1.97. The van der Waals surface area contributed by atoms with Crippen LogP contribution in [0.25, 0.3) is 10.9 Å². The van der Waals surface area contributed by atoms with Gasteiger partial charge in [-0.05, 0) is 61.4 Å². The molecule has 0 saturated carbocycles. The number of carbonyl (C=O) groups is 2. The summed E-state index contributed by atoms with van der Waals surface area (Å²) in [5.74, 6) is -1.42. The fraction of sp³-hybridized carbons (Fsp3) is 0.304. The lowest BCUT2D eigenvalue weighted by molar-refractivity contribution is -0.274. The molecular weight excluding hydrogens is 427 g/mol. The molecule has 0 bridgehead atoms. The van der Waals surface area contributed by atoms with Crippen molar-refractivity contribution in [2.75, 3.05) is 6.61 Å². The van der Waals surface area contributed by atoms with Crippen LogP contribution in [0.15, 0.2) is 42.5 Å². The van der Waals surface area contributed by atoms with Gasteiger partial charge in [0.05, 0.1) is 18.5 Å². The second-order valence-electron chi connectivity index (χ2n) is 7.23. The molecule has 0 fully saturated rings. The van der Waals surface area contributed by atoms with Crippen LogP contribution < -0.4 is 4.74 Å². The first-order valence-corrected chi connectivity index (χ1v) is 9.99. The Labute approximate surface area is 182 Å². The van der Waals surface area contributed by atoms with Crippen molar-refractivity contribution in [2.24, 2.45) is 0 Å². The van der Waals surface area contributed by atoms with Crippen LogP contribution in [0.1, 0.15) is 41.4 Å². The second-order valence-corrected chi connectivity index (χ2v) is 7.23. The first-order valence-electron chi connectivity index (χ1n) is 9.99. The van der Waals surface area contributed by atoms with Gasteiger partial charge in [-0.15, -0.1) is 13.2 Å². The van der Waals surface area contributed by atoms with E-state index in [0.717, 1.165) is 25.0 Å². The van der Waals surface area contributed by atoms with Gasteiger partial charge in [-0.3, -0.25) is 14.2 Å². The Morgan fingerprint density at radius 3 is 2.41 bits per heavy atom. The van der Waals surface area contributed by atoms with Crippen LogP contribution in [0, 0.1) is 6.92 Å². The number of halogens is 3. The molecule has 9 heteroatoms. The lowest BCUT2D eigenvalue weighted by atomic mass is 10.1. The molecule has 2 aromatic carbocycles. The van der Waals surface area contributed by atoms with Crippen molar-refractivity contribution >= 4 is 22.8 Å². The second kappa shape index (κ2) is 9.33. The SMILES string of the molecule is CCCCOC(=O)Cc1c(C)n(C(=O)c2ccc(OC(F)(F)F)cc2)c2ccc(O)cc12. The largest absolute Gasteiger partial charge is 0.573 e. The average Bonchev–Trinajstić information content (AvgIpc) is 2.98. The summed E-state index contributed by atoms with van der Waals surface area (Å²) in [7, 11) is 0. The number of fused-ring (bicyclic) bond motifs is 1. The topological polar surface area (TPSA) is 77.8 Å². The van der Waals surface area contributed by atoms with Crippen LogP contribution in [0.2, 0.25) is 0 Å². The minimum atomic E-state index is -4.83. The predicted molar refractivity (Wildman–Crippen MR) is 111 cm³/mol. The summed E-state index contributed by atoms with van der Waals surface area (Å²) in [4.78, 5) is 25.5. The number of unbranched alkanes of at least 4 members (excludes halogenated alkanes) is 1. The molecule has 6 nitrogen and oxygen atoms in total. The van der Waals surface area contributed by atoms with Gasteiger partial charge in [0.2, 0.25) is 0 Å². The third-order valence-electron chi connectivity index (χ3n) is 4.94. The van der Waals surface area contributed by atoms with E-state index in [1.807, 2.05) is 6.92 Å². The van der Waals surface area contributed by atoms with Gasteiger partial charge in [-0.2, -0.15) is 0 Å². The number of esters is 1. The molecule has 0 radical (unpaired) electrons. The minimum Gasteiger partial charge on any atom is -0.508 e. The van der Waals surface area contributed by atoms with E-state index < -0.39 is 24.0 Å². The average molecular weight is 449 g/mol. The molecule has 0 saturated heterocycles. The Morgan fingerprint density at radius 1 is 1.09 bits per heavy atom. The van der Waals surface area contributed by atoms with Crippen molar-refractivity contribution in [1.29, 1.82) is 0 Å². The van der Waals surface area contributed by atoms with Crippen molar-refractivity contribution < 1.29 is 37.3 Å². The summed E-state index contributed by atoms with van der Waals surface area (Å²) in [6.07, 6.45) is -3.31. The maximum absolute atomic E-state index is 13.2. The summed E-state index contributed by atoms with van der Waals surface area (Å²) >= 11 is 0. The molecule has 3 aromatic rings. The van der Waals surface area contributed by atoms with Gasteiger partial charge in [0, 0.05) is 16.6 Å². The highest BCUT2D eigenvalue weighted by molar-refractivity contribution is 6.05. The summed E-state index contributed by atoms with van der Waals surface area (Å²) in [5, 5.41) is 10.4. The van der Waals surface area contributed by atoms with E-state index in [-0.39, 0.29) is 17.7 Å². The maximum Gasteiger partial charge on any atom is 0.573 e. The molecule has 0 unspecified atom stereocenters. The Hall–Kier alpha value is -3.49. The zero-order valence-corrected chi connectivity index (χ0v) is 17.5. The van der Waals surface area contributed by atoms with Gasteiger partial charge in [0.25, 0.3) is 5.91 Å². The van der Waals surface area contributed by atoms with Crippen molar-refractivity contribution in [1.82, 2.24) is 4.57 Å². The number of alkyl halides is 3. The number of rotatable bonds is 7. The van der Waals surface area contributed by atoms with Gasteiger partial charge < -0.3 is 14.6 Å². The highest BCUT2D eigenvalue weighted by Gasteiger charge is 2.31. The third kappa shape index (κ3) is 5.22. The first kappa shape index (κ1) is 23.2. The number of carbonyl (C=O) groups excluding carboxylic acids is 2. The van der Waals surface area contributed by atoms with Crippen molar-refractivity contribution in [3.8, 4) is 11.5 Å². The number of hydrogen-bond acceptors (Lipinski definition) is 5. The van der Waals surface area contributed by atoms with Crippen LogP contribution in [-0.4, -0.2) is 34.5 Å². The smallest absolute Gasteiger partial charge is 0.508 e. The summed E-state index contributed by atoms with van der Waals surface area (Å²) in [6.45, 7) is 3.93. The molecular formula is C23H22F3NO5. The van der Waals surface area contributed by atoms with E-state index in [9.17, 15) is 27.9 Å². The molecule has 32 heavy (non-hydrogen) atoms. The molecule has 0 atom stereocenters. The number of hydrogen-bond donors (Lipinski definition) is 1. The molecule has 0 amide bonds. The lowest BCUT2D eigenvalue weighted by Gasteiger charge is -2.10. The fourth-order valence-corrected chi connectivity index (χ4v) is 3.41. The summed E-state index contributed by atoms with van der Waals surface area (Å²) in [5.41, 5.74) is 1.59. The van der Waals surface area contributed by atoms with E-state index in [1.165, 1.54) is 28.8 Å². The molecule has 1 aromatic heterocycles. The van der Waals surface area contributed by atoms with E-state index in [4.69, 9.17) is 4.74 Å². The summed E-state index contributed by atoms with van der Waals surface area (Å²) < 4.78 is 47.6. The lowest BCUT2D eigenvalue weighted by Crippen LogP contribution is -2.17. The number of benzene rings is 2. The highest BCUT2D eigenvalue weighted by Crippen LogP contribution is 2.31. The van der Waals surface area contributed by atoms with E-state index in [2.05, 4.69) is 4.74 Å². The van der Waals surface area contributed by atoms with Crippen LogP contribution in [0.5, 0.6) is 11.5 Å². The van der Waals surface area contributed by atoms with Crippen molar-refractivity contribution in [3.05, 3.63) is 59.3 Å². The molecule has 3 rings (SSSR count). The van der Waals surface area contributed by atoms with Crippen LogP contribution in [0.4, 0.5) is 13.2 Å². The molecule has 0 spiro atoms. The Bertz CT molecular complexity index is 1130. The summed E-state index contributed by atoms with van der Waals surface area (Å²) in [6, 6.07) is 8.99. The number of aromatic nitrogens is 1. The van der Waals surface area contributed by atoms with Crippen molar-refractivity contribution in [3.63, 3.8) is 0 Å². The zero-order chi connectivity index (χ0) is 23.5. The van der Waals surface area contributed by atoms with E-state index in [0.29, 0.717) is 28.8 Å². The molecule has 170 valence electrons. The number of nitrogens with zero attached hydrogens (tertiary/aromatic N) is 1. The standard InChI is InChI=1S/C23H22F3NO5/c1-3-4-11-31-21(29)13-18-14(2)27(20-10-7-16(28)12-19(18)20)22(30)15-5-8-17(9-6-15)32-23(24,25)26/h5-10,12,28H,3-4,11,13H2,1-2H3. The molecule has 1 N–H and O–H groups in total. The van der Waals surface area contributed by atoms with Gasteiger partial charge in [-0.25, -0.2) is 0 Å². The first-order chi connectivity index (χ1) is 15.1. The number of phenols is 1. The van der Waals surface area contributed by atoms with Crippen LogP contribution in [-0.2, 0) is 16.0 Å². The van der Waals surface area contributed by atoms with Gasteiger partial charge in [0.15, 0.2) is 0 Å². The molecule has 1 heterocycles. The normalized spacial score (nSPS) is 11.5. The van der Waals surface area contributed by atoms with Crippen LogP contribution in [0.3, 0.4) is 0 Å². The molecule has 0 aliphatic carbocycles. The number of aromatic hydroxyl groups is 1. The third-order valence-corrected chi connectivity index (χ3v) is 4.94. The van der Waals surface area contributed by atoms with E-state index >= 15 is 0 Å². The highest BCUT2D eigenvalue weighted by atomic mass is 19.4. The quantitative estimate of drug-likeness (QED) is 0.400. The van der Waals surface area contributed by atoms with E-state index in [1.54, 1.807) is 13.0 Å². The number of phenolic OH excluding ortho intramolecular Hbond substituents is 1. The minimum absolute atomic E-state index is 0.0312. The Kier molecular flexibility index (Phi) is 6.76. The Morgan fingerprint density at radius 2 is 1.78 bits per heavy atom.